The summed E-state index contributed by atoms with van der Waals surface area (Å²) < 4.78 is 26.0. The molecule has 1 aliphatic rings. The summed E-state index contributed by atoms with van der Waals surface area (Å²) in [5.74, 6) is -3.16. The van der Waals surface area contributed by atoms with E-state index >= 15 is 0 Å². The molecule has 1 aliphatic heterocycles. The average molecular weight is 254 g/mol. The molecule has 0 radical (unpaired) electrons. The van der Waals surface area contributed by atoms with Crippen molar-refractivity contribution >= 4 is 12.7 Å². The van der Waals surface area contributed by atoms with E-state index in [0.29, 0.717) is 0 Å². The molecule has 1 saturated heterocycles. The highest BCUT2D eigenvalue weighted by molar-refractivity contribution is 5.81. The molecule has 2 N–H and O–H groups in total. The highest BCUT2D eigenvalue weighted by Gasteiger charge is 2.47. The molecule has 0 aliphatic carbocycles. The normalized spacial score (nSPS) is 22.8. The minimum Gasteiger partial charge on any atom is -0.332 e. The second kappa shape index (κ2) is 8.11. The molecule has 0 aromatic carbocycles. The van der Waals surface area contributed by atoms with Gasteiger partial charge in [-0.25, -0.2) is 8.78 Å². The number of amides is 1. The number of nitrogens with zero attached hydrogens (tertiary/aromatic N) is 1. The maximum atomic E-state index is 13.0. The summed E-state index contributed by atoms with van der Waals surface area (Å²) in [4.78, 5) is 20.5. The first-order chi connectivity index (χ1) is 7.86. The molecule has 0 aromatic heterocycles. The first kappa shape index (κ1) is 18.3. The maximum absolute atomic E-state index is 13.0. The van der Waals surface area contributed by atoms with Crippen molar-refractivity contribution in [1.29, 1.82) is 0 Å². The van der Waals surface area contributed by atoms with Gasteiger partial charge < -0.3 is 15.4 Å². The number of halogens is 2. The number of rotatable bonds is 1. The van der Waals surface area contributed by atoms with Crippen molar-refractivity contribution in [2.24, 2.45) is 5.73 Å². The van der Waals surface area contributed by atoms with Crippen LogP contribution in [0.4, 0.5) is 8.78 Å². The monoisotopic (exact) mass is 254 g/mol. The fourth-order valence-corrected chi connectivity index (χ4v) is 1.46. The van der Waals surface area contributed by atoms with E-state index in [9.17, 15) is 13.6 Å². The molecule has 1 fully saturated rings. The predicted molar refractivity (Wildman–Crippen MR) is 65.0 cm³/mol. The Labute approximate surface area is 103 Å². The second-order valence-corrected chi connectivity index (χ2v) is 3.51. The van der Waals surface area contributed by atoms with Crippen molar-refractivity contribution in [2.45, 2.75) is 52.1 Å². The molecule has 2 unspecified atom stereocenters. The van der Waals surface area contributed by atoms with Crippen LogP contribution in [0, 0.1) is 0 Å². The van der Waals surface area contributed by atoms with Crippen molar-refractivity contribution in [3.8, 4) is 0 Å². The number of nitrogens with two attached hydrogens (primary N) is 1. The Balaban J connectivity index is -0.000000409. The van der Waals surface area contributed by atoms with E-state index in [0.717, 1.165) is 4.90 Å². The summed E-state index contributed by atoms with van der Waals surface area (Å²) in [5, 5.41) is 0. The smallest absolute Gasteiger partial charge is 0.269 e. The van der Waals surface area contributed by atoms with Gasteiger partial charge in [-0.3, -0.25) is 4.79 Å². The molecule has 1 heterocycles. The van der Waals surface area contributed by atoms with Crippen molar-refractivity contribution in [1.82, 2.24) is 4.90 Å². The van der Waals surface area contributed by atoms with Crippen LogP contribution in [0.15, 0.2) is 0 Å². The lowest BCUT2D eigenvalue weighted by atomic mass is 10.2. The lowest BCUT2D eigenvalue weighted by molar-refractivity contribution is -0.136. The fourth-order valence-electron chi connectivity index (χ4n) is 1.46. The lowest BCUT2D eigenvalue weighted by Gasteiger charge is -2.25. The molecule has 0 aromatic rings. The Morgan fingerprint density at radius 3 is 2.18 bits per heavy atom. The third kappa shape index (κ3) is 4.77. The summed E-state index contributed by atoms with van der Waals surface area (Å²) in [7, 11) is 0. The van der Waals surface area contributed by atoms with Crippen molar-refractivity contribution in [2.75, 3.05) is 6.54 Å². The Kier molecular flexibility index (Phi) is 8.74. The third-order valence-electron chi connectivity index (χ3n) is 2.44. The molecule has 1 rings (SSSR count). The van der Waals surface area contributed by atoms with Gasteiger partial charge in [0.25, 0.3) is 5.92 Å². The van der Waals surface area contributed by atoms with Crippen LogP contribution in [0.2, 0.25) is 0 Å². The second-order valence-electron chi connectivity index (χ2n) is 3.51. The number of hydrogen-bond acceptors (Lipinski definition) is 3. The fraction of sp³-hybridized carbons (Fsp3) is 0.818. The quantitative estimate of drug-likeness (QED) is 0.774. The van der Waals surface area contributed by atoms with Crippen LogP contribution >= 0.6 is 0 Å². The largest absolute Gasteiger partial charge is 0.332 e. The van der Waals surface area contributed by atoms with Gasteiger partial charge in [0.2, 0.25) is 5.91 Å². The Hall–Kier alpha value is -1.04. The van der Waals surface area contributed by atoms with Crippen molar-refractivity contribution in [3.05, 3.63) is 0 Å². The number of carbonyl (C=O) groups excluding carboxylic acids is 2. The van der Waals surface area contributed by atoms with Gasteiger partial charge in [-0.2, -0.15) is 0 Å². The van der Waals surface area contributed by atoms with Crippen LogP contribution in [0.3, 0.4) is 0 Å². The van der Waals surface area contributed by atoms with Gasteiger partial charge in [0.15, 0.2) is 0 Å². The van der Waals surface area contributed by atoms with Crippen LogP contribution in [-0.4, -0.2) is 42.1 Å². The summed E-state index contributed by atoms with van der Waals surface area (Å²) in [6.45, 7) is 8.97. The van der Waals surface area contributed by atoms with E-state index in [2.05, 4.69) is 0 Å². The van der Waals surface area contributed by atoms with Gasteiger partial charge in [0, 0.05) is 14.4 Å². The molecular weight excluding hydrogens is 230 g/mol. The first-order valence-corrected chi connectivity index (χ1v) is 5.59. The molecule has 1 amide bonds. The summed E-state index contributed by atoms with van der Waals surface area (Å²) in [6.07, 6.45) is -0.257. The molecule has 17 heavy (non-hydrogen) atoms. The molecule has 0 saturated carbocycles. The molecule has 0 spiro atoms. The van der Waals surface area contributed by atoms with Crippen molar-refractivity contribution in [3.63, 3.8) is 0 Å². The van der Waals surface area contributed by atoms with Gasteiger partial charge in [0.1, 0.15) is 6.79 Å². The zero-order valence-corrected chi connectivity index (χ0v) is 10.9. The predicted octanol–water partition coefficient (Wildman–Crippen LogP) is 1.68. The number of carbonyl (C=O) groups is 2. The van der Waals surface area contributed by atoms with Gasteiger partial charge in [-0.15, -0.1) is 0 Å². The number of likely N-dealkylation sites (tertiary alicyclic amines) is 1. The van der Waals surface area contributed by atoms with Gasteiger partial charge in [0.05, 0.1) is 12.1 Å². The molecule has 4 nitrogen and oxygen atoms in total. The topological polar surface area (TPSA) is 63.4 Å². The first-order valence-electron chi connectivity index (χ1n) is 5.59. The van der Waals surface area contributed by atoms with E-state index in [1.54, 1.807) is 0 Å². The summed E-state index contributed by atoms with van der Waals surface area (Å²) >= 11 is 0. The van der Waals surface area contributed by atoms with Gasteiger partial charge >= 0.3 is 0 Å². The van der Waals surface area contributed by atoms with Crippen molar-refractivity contribution < 1.29 is 19.8 Å². The molecular formula is C11H24F2N2O2. The van der Waals surface area contributed by atoms with Crippen LogP contribution in [-0.2, 0) is 9.59 Å². The molecule has 104 valence electrons. The van der Waals surface area contributed by atoms with E-state index in [4.69, 9.17) is 10.5 Å². The van der Waals surface area contributed by atoms with Gasteiger partial charge in [-0.05, 0) is 13.8 Å². The lowest BCUT2D eigenvalue weighted by Crippen LogP contribution is -2.46. The summed E-state index contributed by atoms with van der Waals surface area (Å²) in [5.41, 5.74) is 5.33. The van der Waals surface area contributed by atoms with E-state index in [1.165, 1.54) is 13.8 Å². The van der Waals surface area contributed by atoms with Crippen LogP contribution in [0.25, 0.3) is 0 Å². The highest BCUT2D eigenvalue weighted by atomic mass is 19.3. The third-order valence-corrected chi connectivity index (χ3v) is 2.44. The number of alkyl halides is 2. The zero-order valence-electron chi connectivity index (χ0n) is 10.9. The van der Waals surface area contributed by atoms with E-state index < -0.39 is 23.9 Å². The summed E-state index contributed by atoms with van der Waals surface area (Å²) in [6, 6.07) is -1.72. The minimum atomic E-state index is -2.76. The number of hydrogen-bond donors (Lipinski definition) is 1. The van der Waals surface area contributed by atoms with Crippen LogP contribution in [0.5, 0.6) is 0 Å². The standard InChI is InChI=1S/C8H14F2N2O.C2H6.CH2O.H2/c1-5(11)7(13)12-4-3-8(9,10)6(12)2;2*1-2;/h5-6H,3-4,11H2,1-2H3;1-2H3;1H2;1H. The van der Waals surface area contributed by atoms with E-state index in [-0.39, 0.29) is 14.4 Å². The highest BCUT2D eigenvalue weighted by Crippen LogP contribution is 2.33. The van der Waals surface area contributed by atoms with Crippen LogP contribution in [0.1, 0.15) is 35.5 Å². The Morgan fingerprint density at radius 2 is 1.94 bits per heavy atom. The zero-order chi connectivity index (χ0) is 14.2. The Bertz CT molecular complexity index is 241. The molecule has 0 bridgehead atoms. The average Bonchev–Trinajstić information content (AvgIpc) is 2.59. The van der Waals surface area contributed by atoms with E-state index in [1.807, 2.05) is 20.6 Å². The van der Waals surface area contributed by atoms with Gasteiger partial charge in [-0.1, -0.05) is 13.8 Å². The maximum Gasteiger partial charge on any atom is 0.269 e. The molecule has 6 heteroatoms. The SMILES string of the molecule is C=O.CC.CC(N)C(=O)N1CCC(F)(F)C1C.[HH]. The van der Waals surface area contributed by atoms with Crippen LogP contribution < -0.4 is 5.73 Å². The Morgan fingerprint density at radius 1 is 1.53 bits per heavy atom. The minimum absolute atomic E-state index is 0. The molecule has 2 atom stereocenters.